The molecule has 0 radical (unpaired) electrons. The molecule has 0 atom stereocenters. The van der Waals surface area contributed by atoms with Gasteiger partial charge in [0.1, 0.15) is 5.82 Å². The van der Waals surface area contributed by atoms with Crippen molar-refractivity contribution in [3.8, 4) is 0 Å². The summed E-state index contributed by atoms with van der Waals surface area (Å²) in [4.78, 5) is 18.1. The van der Waals surface area contributed by atoms with Crippen LogP contribution in [0.4, 0.5) is 0 Å². The highest BCUT2D eigenvalue weighted by Gasteiger charge is 2.27. The highest BCUT2D eigenvalue weighted by Crippen LogP contribution is 2.38. The van der Waals surface area contributed by atoms with Crippen LogP contribution < -0.4 is 0 Å². The number of rotatable bonds is 4. The van der Waals surface area contributed by atoms with Gasteiger partial charge in [0.15, 0.2) is 0 Å². The monoisotopic (exact) mass is 194 g/mol. The number of H-pyrrole nitrogens is 1. The number of aryl methyl sites for hydroxylation is 2. The molecule has 1 heterocycles. The van der Waals surface area contributed by atoms with Crippen LogP contribution in [0, 0.1) is 6.92 Å². The van der Waals surface area contributed by atoms with Gasteiger partial charge in [0.05, 0.1) is 12.1 Å². The fraction of sp³-hybridized carbons (Fsp3) is 0.600. The quantitative estimate of drug-likeness (QED) is 0.765. The Bertz CT molecular complexity index is 353. The first-order valence-corrected chi connectivity index (χ1v) is 4.94. The highest BCUT2D eigenvalue weighted by molar-refractivity contribution is 5.67. The Balaban J connectivity index is 2.04. The lowest BCUT2D eigenvalue weighted by molar-refractivity contribution is -0.136. The van der Waals surface area contributed by atoms with E-state index in [0.717, 1.165) is 17.2 Å². The summed E-state index contributed by atoms with van der Waals surface area (Å²) < 4.78 is 0. The number of hydrogen-bond donors (Lipinski definition) is 2. The van der Waals surface area contributed by atoms with Gasteiger partial charge in [0.2, 0.25) is 0 Å². The minimum absolute atomic E-state index is 0.163. The standard InChI is InChI=1S/C10H14N2O2/c1-6-8(4-5-9(13)14)12-10(11-6)7-2-3-7/h7H,2-5H2,1H3,(H,11,12)(H,13,14). The maximum atomic E-state index is 10.4. The molecule has 2 rings (SSSR count). The number of nitrogens with one attached hydrogen (secondary N) is 1. The maximum absolute atomic E-state index is 10.4. The van der Waals surface area contributed by atoms with Crippen LogP contribution >= 0.6 is 0 Å². The van der Waals surface area contributed by atoms with Crippen molar-refractivity contribution >= 4 is 5.97 Å². The molecule has 1 aromatic rings. The number of imidazole rings is 1. The van der Waals surface area contributed by atoms with Crippen molar-refractivity contribution in [1.82, 2.24) is 9.97 Å². The van der Waals surface area contributed by atoms with Crippen LogP contribution in [0.3, 0.4) is 0 Å². The molecule has 4 heteroatoms. The molecular formula is C10H14N2O2. The number of carboxylic acids is 1. The van der Waals surface area contributed by atoms with Gasteiger partial charge in [0, 0.05) is 18.0 Å². The van der Waals surface area contributed by atoms with Crippen LogP contribution in [0.5, 0.6) is 0 Å². The van der Waals surface area contributed by atoms with Gasteiger partial charge in [-0.2, -0.15) is 0 Å². The molecule has 2 N–H and O–H groups in total. The lowest BCUT2D eigenvalue weighted by atomic mass is 10.2. The third kappa shape index (κ3) is 1.95. The highest BCUT2D eigenvalue weighted by atomic mass is 16.4. The Morgan fingerprint density at radius 1 is 1.64 bits per heavy atom. The van der Waals surface area contributed by atoms with Crippen molar-refractivity contribution in [2.75, 3.05) is 0 Å². The second-order valence-electron chi connectivity index (χ2n) is 3.86. The minimum Gasteiger partial charge on any atom is -0.481 e. The summed E-state index contributed by atoms with van der Waals surface area (Å²) in [6, 6.07) is 0. The average molecular weight is 194 g/mol. The van der Waals surface area contributed by atoms with Gasteiger partial charge < -0.3 is 10.1 Å². The fourth-order valence-corrected chi connectivity index (χ4v) is 1.54. The van der Waals surface area contributed by atoms with Crippen molar-refractivity contribution in [3.05, 3.63) is 17.2 Å². The molecule has 1 aliphatic carbocycles. The zero-order chi connectivity index (χ0) is 10.1. The Morgan fingerprint density at radius 2 is 2.36 bits per heavy atom. The van der Waals surface area contributed by atoms with Crippen LogP contribution in [-0.4, -0.2) is 21.0 Å². The van der Waals surface area contributed by atoms with Gasteiger partial charge in [-0.15, -0.1) is 0 Å². The van der Waals surface area contributed by atoms with Crippen LogP contribution in [0.2, 0.25) is 0 Å². The van der Waals surface area contributed by atoms with E-state index in [1.165, 1.54) is 12.8 Å². The van der Waals surface area contributed by atoms with Crippen LogP contribution in [0.25, 0.3) is 0 Å². The third-order valence-corrected chi connectivity index (χ3v) is 2.54. The first-order valence-electron chi connectivity index (χ1n) is 4.94. The normalized spacial score (nSPS) is 15.8. The molecule has 1 aromatic heterocycles. The van der Waals surface area contributed by atoms with E-state index >= 15 is 0 Å². The number of hydrogen-bond acceptors (Lipinski definition) is 2. The lowest BCUT2D eigenvalue weighted by Gasteiger charge is -1.93. The fourth-order valence-electron chi connectivity index (χ4n) is 1.54. The molecule has 0 aromatic carbocycles. The zero-order valence-corrected chi connectivity index (χ0v) is 8.21. The van der Waals surface area contributed by atoms with Crippen molar-refractivity contribution < 1.29 is 9.90 Å². The SMILES string of the molecule is Cc1[nH]c(C2CC2)nc1CCC(=O)O. The van der Waals surface area contributed by atoms with E-state index in [-0.39, 0.29) is 6.42 Å². The Kier molecular flexibility index (Phi) is 2.27. The number of aromatic amines is 1. The van der Waals surface area contributed by atoms with Crippen LogP contribution in [0.1, 0.15) is 42.4 Å². The van der Waals surface area contributed by atoms with E-state index < -0.39 is 5.97 Å². The molecule has 1 aliphatic rings. The van der Waals surface area contributed by atoms with Crippen molar-refractivity contribution in [2.45, 2.75) is 38.5 Å². The molecule has 1 saturated carbocycles. The van der Waals surface area contributed by atoms with E-state index in [0.29, 0.717) is 12.3 Å². The second kappa shape index (κ2) is 3.44. The van der Waals surface area contributed by atoms with Gasteiger partial charge in [-0.3, -0.25) is 4.79 Å². The molecule has 0 bridgehead atoms. The van der Waals surface area contributed by atoms with E-state index in [1.54, 1.807) is 0 Å². The van der Waals surface area contributed by atoms with Crippen molar-refractivity contribution in [3.63, 3.8) is 0 Å². The summed E-state index contributed by atoms with van der Waals surface area (Å²) in [5, 5.41) is 8.56. The van der Waals surface area contributed by atoms with E-state index in [2.05, 4.69) is 9.97 Å². The molecule has 76 valence electrons. The van der Waals surface area contributed by atoms with Crippen molar-refractivity contribution in [1.29, 1.82) is 0 Å². The summed E-state index contributed by atoms with van der Waals surface area (Å²) in [7, 11) is 0. The Hall–Kier alpha value is -1.32. The molecule has 0 unspecified atom stereocenters. The topological polar surface area (TPSA) is 66.0 Å². The zero-order valence-electron chi connectivity index (χ0n) is 8.21. The van der Waals surface area contributed by atoms with Gasteiger partial charge in [-0.1, -0.05) is 0 Å². The number of carboxylic acid groups (broad SMARTS) is 1. The Labute approximate surface area is 82.4 Å². The second-order valence-corrected chi connectivity index (χ2v) is 3.86. The number of aliphatic carboxylic acids is 1. The third-order valence-electron chi connectivity index (χ3n) is 2.54. The lowest BCUT2D eigenvalue weighted by Crippen LogP contribution is -1.98. The number of aromatic nitrogens is 2. The first kappa shape index (κ1) is 9.24. The van der Waals surface area contributed by atoms with Crippen LogP contribution in [0.15, 0.2) is 0 Å². The van der Waals surface area contributed by atoms with E-state index in [4.69, 9.17) is 5.11 Å². The molecule has 0 spiro atoms. The Morgan fingerprint density at radius 3 is 2.93 bits per heavy atom. The van der Waals surface area contributed by atoms with Gasteiger partial charge in [-0.25, -0.2) is 4.98 Å². The largest absolute Gasteiger partial charge is 0.481 e. The van der Waals surface area contributed by atoms with Gasteiger partial charge >= 0.3 is 5.97 Å². The van der Waals surface area contributed by atoms with Gasteiger partial charge in [-0.05, 0) is 19.8 Å². The smallest absolute Gasteiger partial charge is 0.303 e. The van der Waals surface area contributed by atoms with Gasteiger partial charge in [0.25, 0.3) is 0 Å². The summed E-state index contributed by atoms with van der Waals surface area (Å²) in [6.45, 7) is 1.95. The predicted octanol–water partition coefficient (Wildman–Crippen LogP) is 1.61. The van der Waals surface area contributed by atoms with E-state index in [9.17, 15) is 4.79 Å². The molecule has 0 amide bonds. The van der Waals surface area contributed by atoms with E-state index in [1.807, 2.05) is 6.92 Å². The summed E-state index contributed by atoms with van der Waals surface area (Å²) in [6.07, 6.45) is 3.12. The predicted molar refractivity (Wildman–Crippen MR) is 51.3 cm³/mol. The maximum Gasteiger partial charge on any atom is 0.303 e. The summed E-state index contributed by atoms with van der Waals surface area (Å²) in [5.41, 5.74) is 1.93. The van der Waals surface area contributed by atoms with Crippen LogP contribution in [-0.2, 0) is 11.2 Å². The average Bonchev–Trinajstić information content (AvgIpc) is 2.88. The minimum atomic E-state index is -0.764. The van der Waals surface area contributed by atoms with Crippen molar-refractivity contribution in [2.24, 2.45) is 0 Å². The molecule has 0 aliphatic heterocycles. The molecular weight excluding hydrogens is 180 g/mol. The molecule has 1 fully saturated rings. The number of carbonyl (C=O) groups is 1. The summed E-state index contributed by atoms with van der Waals surface area (Å²) in [5.74, 6) is 0.885. The molecule has 14 heavy (non-hydrogen) atoms. The molecule has 0 saturated heterocycles. The summed E-state index contributed by atoms with van der Waals surface area (Å²) >= 11 is 0. The first-order chi connectivity index (χ1) is 6.66. The number of nitrogens with zero attached hydrogens (tertiary/aromatic N) is 1. The molecule has 4 nitrogen and oxygen atoms in total.